The molecule has 0 aliphatic carbocycles. The summed E-state index contributed by atoms with van der Waals surface area (Å²) >= 11 is 6.57. The molecule has 0 fully saturated rings. The van der Waals surface area contributed by atoms with Crippen LogP contribution in [0.25, 0.3) is 21.2 Å². The Morgan fingerprint density at radius 1 is 1.04 bits per heavy atom. The van der Waals surface area contributed by atoms with Gasteiger partial charge in [0.15, 0.2) is 0 Å². The lowest BCUT2D eigenvalue weighted by atomic mass is 10.0. The van der Waals surface area contributed by atoms with Crippen LogP contribution in [-0.2, 0) is 6.18 Å². The summed E-state index contributed by atoms with van der Waals surface area (Å²) in [5.41, 5.74) is -1.10. The fourth-order valence-corrected chi connectivity index (χ4v) is 3.46. The van der Waals surface area contributed by atoms with Crippen molar-refractivity contribution in [2.75, 3.05) is 7.11 Å². The molecule has 0 amide bonds. The highest BCUT2D eigenvalue weighted by Crippen LogP contribution is 2.38. The van der Waals surface area contributed by atoms with Crippen LogP contribution in [0.3, 0.4) is 0 Å². The van der Waals surface area contributed by atoms with E-state index >= 15 is 0 Å². The Kier molecular flexibility index (Phi) is 4.27. The minimum Gasteiger partial charge on any atom is -0.497 e. The Bertz CT molecular complexity index is 980. The zero-order valence-corrected chi connectivity index (χ0v) is 13.9. The summed E-state index contributed by atoms with van der Waals surface area (Å²) in [7, 11) is 1.50. The minimum atomic E-state index is -4.60. The van der Waals surface area contributed by atoms with Gasteiger partial charge in [-0.05, 0) is 47.3 Å². The third-order valence-electron chi connectivity index (χ3n) is 3.52. The van der Waals surface area contributed by atoms with Gasteiger partial charge < -0.3 is 4.74 Å². The van der Waals surface area contributed by atoms with Crippen molar-refractivity contribution >= 4 is 33.0 Å². The van der Waals surface area contributed by atoms with Crippen molar-refractivity contribution in [1.82, 2.24) is 0 Å². The van der Waals surface area contributed by atoms with Crippen LogP contribution in [0.4, 0.5) is 13.2 Å². The maximum Gasteiger partial charge on any atom is 0.417 e. The summed E-state index contributed by atoms with van der Waals surface area (Å²) in [5.74, 6) is 0.577. The Labute approximate surface area is 144 Å². The monoisotopic (exact) mass is 370 g/mol. The van der Waals surface area contributed by atoms with Crippen molar-refractivity contribution in [3.63, 3.8) is 0 Å². The number of halogens is 4. The van der Waals surface area contributed by atoms with Gasteiger partial charge in [0, 0.05) is 15.3 Å². The number of alkyl halides is 3. The Morgan fingerprint density at radius 2 is 1.79 bits per heavy atom. The number of hydrogen-bond acceptors (Lipinski definition) is 3. The van der Waals surface area contributed by atoms with Gasteiger partial charge in [0.05, 0.1) is 12.7 Å². The Hall–Kier alpha value is -2.05. The molecule has 0 N–H and O–H groups in total. The van der Waals surface area contributed by atoms with Gasteiger partial charge in [-0.1, -0.05) is 29.0 Å². The first-order valence-corrected chi connectivity index (χ1v) is 7.98. The second-order valence-corrected chi connectivity index (χ2v) is 6.49. The van der Waals surface area contributed by atoms with Crippen molar-refractivity contribution in [2.45, 2.75) is 6.18 Å². The number of methoxy groups -OCH3 is 1. The molecule has 0 unspecified atom stereocenters. The second kappa shape index (κ2) is 6.11. The first kappa shape index (κ1) is 16.8. The van der Waals surface area contributed by atoms with Crippen molar-refractivity contribution in [3.8, 4) is 16.9 Å². The van der Waals surface area contributed by atoms with Gasteiger partial charge in [-0.15, -0.1) is 0 Å². The van der Waals surface area contributed by atoms with Crippen LogP contribution in [0.5, 0.6) is 5.75 Å². The lowest BCUT2D eigenvalue weighted by Crippen LogP contribution is -2.10. The summed E-state index contributed by atoms with van der Waals surface area (Å²) in [6.07, 6.45) is -4.60. The molecule has 1 aromatic heterocycles. The molecule has 0 bridgehead atoms. The molecule has 2 aromatic carbocycles. The van der Waals surface area contributed by atoms with Crippen LogP contribution in [0, 0.1) is 0 Å². The highest BCUT2D eigenvalue weighted by molar-refractivity contribution is 7.16. The van der Waals surface area contributed by atoms with Crippen molar-refractivity contribution in [2.24, 2.45) is 0 Å². The predicted octanol–water partition coefficient (Wildman–Crippen LogP) is 5.61. The Morgan fingerprint density at radius 3 is 2.46 bits per heavy atom. The summed E-state index contributed by atoms with van der Waals surface area (Å²) in [6.45, 7) is 0. The molecule has 24 heavy (non-hydrogen) atoms. The van der Waals surface area contributed by atoms with Crippen LogP contribution in [0.15, 0.2) is 47.3 Å². The average molecular weight is 371 g/mol. The average Bonchev–Trinajstić information content (AvgIpc) is 2.53. The number of rotatable bonds is 2. The van der Waals surface area contributed by atoms with Gasteiger partial charge in [0.25, 0.3) is 0 Å². The van der Waals surface area contributed by atoms with Gasteiger partial charge >= 0.3 is 6.18 Å². The predicted molar refractivity (Wildman–Crippen MR) is 90.1 cm³/mol. The molecular weight excluding hydrogens is 361 g/mol. The van der Waals surface area contributed by atoms with Gasteiger partial charge in [-0.2, -0.15) is 13.2 Å². The van der Waals surface area contributed by atoms with Crippen LogP contribution in [0.2, 0.25) is 5.02 Å². The van der Waals surface area contributed by atoms with E-state index in [0.29, 0.717) is 15.8 Å². The van der Waals surface area contributed by atoms with E-state index in [-0.39, 0.29) is 16.1 Å². The first-order chi connectivity index (χ1) is 11.3. The van der Waals surface area contributed by atoms with Gasteiger partial charge in [-0.3, -0.25) is 4.79 Å². The SMILES string of the molecule is COc1ccc2cc(-c3ccc(Cl)cc3C(F)(F)F)c(=O)sc2c1. The summed E-state index contributed by atoms with van der Waals surface area (Å²) in [4.78, 5) is 12.4. The zero-order valence-electron chi connectivity index (χ0n) is 12.3. The van der Waals surface area contributed by atoms with E-state index in [4.69, 9.17) is 16.3 Å². The number of benzene rings is 2. The lowest BCUT2D eigenvalue weighted by Gasteiger charge is -2.13. The van der Waals surface area contributed by atoms with Crippen molar-refractivity contribution in [3.05, 3.63) is 62.6 Å². The normalized spacial score (nSPS) is 11.7. The Balaban J connectivity index is 2.27. The molecule has 124 valence electrons. The van der Waals surface area contributed by atoms with E-state index in [1.165, 1.54) is 25.3 Å². The number of fused-ring (bicyclic) bond motifs is 1. The molecule has 0 saturated heterocycles. The highest BCUT2D eigenvalue weighted by atomic mass is 35.5. The minimum absolute atomic E-state index is 0.00154. The van der Waals surface area contributed by atoms with E-state index in [2.05, 4.69) is 0 Å². The third-order valence-corrected chi connectivity index (χ3v) is 4.73. The molecular formula is C17H10ClF3O2S. The largest absolute Gasteiger partial charge is 0.497 e. The molecule has 3 aromatic rings. The van der Waals surface area contributed by atoms with Crippen molar-refractivity contribution < 1.29 is 17.9 Å². The lowest BCUT2D eigenvalue weighted by molar-refractivity contribution is -0.137. The first-order valence-electron chi connectivity index (χ1n) is 6.78. The van der Waals surface area contributed by atoms with Crippen LogP contribution >= 0.6 is 22.9 Å². The van der Waals surface area contributed by atoms with E-state index in [1.807, 2.05) is 0 Å². The fraction of sp³-hybridized carbons (Fsp3) is 0.118. The van der Waals surface area contributed by atoms with Crippen LogP contribution < -0.4 is 9.48 Å². The van der Waals surface area contributed by atoms with Gasteiger partial charge in [0.1, 0.15) is 5.75 Å². The maximum atomic E-state index is 13.3. The standard InChI is InChI=1S/C17H10ClF3O2S/c1-23-11-4-2-9-6-13(16(22)24-15(9)8-11)12-5-3-10(18)7-14(12)17(19,20)21/h2-8H,1H3. The highest BCUT2D eigenvalue weighted by Gasteiger charge is 2.34. The van der Waals surface area contributed by atoms with Gasteiger partial charge in [0.2, 0.25) is 4.74 Å². The summed E-state index contributed by atoms with van der Waals surface area (Å²) < 4.78 is 45.1. The topological polar surface area (TPSA) is 26.3 Å². The van der Waals surface area contributed by atoms with E-state index in [0.717, 1.165) is 17.4 Å². The second-order valence-electron chi connectivity index (χ2n) is 5.04. The molecule has 7 heteroatoms. The fourth-order valence-electron chi connectivity index (χ4n) is 2.39. The maximum absolute atomic E-state index is 13.3. The summed E-state index contributed by atoms with van der Waals surface area (Å²) in [6, 6.07) is 9.94. The molecule has 3 rings (SSSR count). The van der Waals surface area contributed by atoms with E-state index in [1.54, 1.807) is 18.2 Å². The molecule has 0 spiro atoms. The zero-order chi connectivity index (χ0) is 17.5. The van der Waals surface area contributed by atoms with Crippen LogP contribution in [0.1, 0.15) is 5.56 Å². The van der Waals surface area contributed by atoms with E-state index < -0.39 is 16.5 Å². The summed E-state index contributed by atoms with van der Waals surface area (Å²) in [5, 5.41) is 0.631. The van der Waals surface area contributed by atoms with E-state index in [9.17, 15) is 18.0 Å². The molecule has 0 aliphatic rings. The molecule has 0 atom stereocenters. The molecule has 0 aliphatic heterocycles. The molecule has 2 nitrogen and oxygen atoms in total. The molecule has 0 saturated carbocycles. The smallest absolute Gasteiger partial charge is 0.417 e. The molecule has 0 radical (unpaired) electrons. The van der Waals surface area contributed by atoms with Crippen LogP contribution in [-0.4, -0.2) is 7.11 Å². The number of ether oxygens (including phenoxy) is 1. The molecule has 1 heterocycles. The third kappa shape index (κ3) is 3.12. The van der Waals surface area contributed by atoms with Crippen molar-refractivity contribution in [1.29, 1.82) is 0 Å². The number of hydrogen-bond donors (Lipinski definition) is 0. The quantitative estimate of drug-likeness (QED) is 0.586. The van der Waals surface area contributed by atoms with Gasteiger partial charge in [-0.25, -0.2) is 0 Å².